The molecule has 0 radical (unpaired) electrons. The van der Waals surface area contributed by atoms with Gasteiger partial charge in [0.05, 0.1) is 8.81 Å². The van der Waals surface area contributed by atoms with Gasteiger partial charge in [0.1, 0.15) is 4.21 Å². The lowest BCUT2D eigenvalue weighted by Crippen LogP contribution is -2.45. The van der Waals surface area contributed by atoms with Crippen molar-refractivity contribution in [2.75, 3.05) is 0 Å². The van der Waals surface area contributed by atoms with E-state index >= 15 is 0 Å². The summed E-state index contributed by atoms with van der Waals surface area (Å²) in [4.78, 5) is 0. The normalized spacial score (nSPS) is 22.4. The predicted molar refractivity (Wildman–Crippen MR) is 92.6 cm³/mol. The number of hydrogen-bond donors (Lipinski definition) is 1. The summed E-state index contributed by atoms with van der Waals surface area (Å²) in [5.74, 6) is 0. The van der Waals surface area contributed by atoms with Crippen molar-refractivity contribution in [3.63, 3.8) is 0 Å². The Morgan fingerprint density at radius 3 is 2.24 bits per heavy atom. The second-order valence-corrected chi connectivity index (χ2v) is 12.1. The van der Waals surface area contributed by atoms with Crippen LogP contribution in [0, 0.1) is 10.8 Å². The molecular formula is C14H21BrClNO2S2. The summed E-state index contributed by atoms with van der Waals surface area (Å²) in [6.07, 6.45) is 2.82. The maximum atomic E-state index is 12.5. The molecule has 2 rings (SSSR count). The molecule has 1 aromatic rings. The quantitative estimate of drug-likeness (QED) is 0.752. The third kappa shape index (κ3) is 4.44. The molecule has 1 fully saturated rings. The predicted octanol–water partition coefficient (Wildman–Crippen LogP) is 5.05. The number of nitrogens with one attached hydrogen (secondary N) is 1. The van der Waals surface area contributed by atoms with Crippen molar-refractivity contribution in [2.45, 2.75) is 57.2 Å². The average molecular weight is 415 g/mol. The SMILES string of the molecule is CC1(C)CC(NS(=O)(=O)c2cc(Cl)c(Br)s2)CC(C)(C)C1. The zero-order valence-electron chi connectivity index (χ0n) is 12.7. The van der Waals surface area contributed by atoms with Crippen LogP contribution in [-0.4, -0.2) is 14.5 Å². The van der Waals surface area contributed by atoms with E-state index in [1.807, 2.05) is 0 Å². The number of rotatable bonds is 3. The smallest absolute Gasteiger partial charge is 0.207 e. The number of sulfonamides is 1. The van der Waals surface area contributed by atoms with Gasteiger partial charge in [-0.05, 0) is 52.1 Å². The first-order valence-corrected chi connectivity index (χ1v) is 10.3. The molecule has 1 aliphatic rings. The first-order chi connectivity index (χ1) is 9.40. The summed E-state index contributed by atoms with van der Waals surface area (Å²) in [6, 6.07) is 1.46. The molecule has 1 heterocycles. The van der Waals surface area contributed by atoms with E-state index in [1.165, 1.54) is 6.07 Å². The molecule has 3 nitrogen and oxygen atoms in total. The Balaban J connectivity index is 2.20. The first kappa shape index (κ1) is 17.7. The molecule has 0 bridgehead atoms. The van der Waals surface area contributed by atoms with Crippen molar-refractivity contribution in [1.29, 1.82) is 0 Å². The molecule has 0 spiro atoms. The molecule has 1 aliphatic carbocycles. The topological polar surface area (TPSA) is 46.2 Å². The Bertz CT molecular complexity index is 602. The Labute approximate surface area is 144 Å². The van der Waals surface area contributed by atoms with E-state index in [0.717, 1.165) is 30.6 Å². The van der Waals surface area contributed by atoms with Crippen molar-refractivity contribution in [3.05, 3.63) is 14.9 Å². The van der Waals surface area contributed by atoms with Gasteiger partial charge < -0.3 is 0 Å². The molecule has 0 atom stereocenters. The van der Waals surface area contributed by atoms with Gasteiger partial charge in [0, 0.05) is 6.04 Å². The van der Waals surface area contributed by atoms with Gasteiger partial charge in [0.25, 0.3) is 0 Å². The van der Waals surface area contributed by atoms with Gasteiger partial charge >= 0.3 is 0 Å². The second-order valence-electron chi connectivity index (χ2n) is 7.42. The average Bonchev–Trinajstić information content (AvgIpc) is 2.54. The zero-order valence-corrected chi connectivity index (χ0v) is 16.6. The summed E-state index contributed by atoms with van der Waals surface area (Å²) in [6.45, 7) is 8.81. The van der Waals surface area contributed by atoms with E-state index in [-0.39, 0.29) is 21.1 Å². The summed E-state index contributed by atoms with van der Waals surface area (Å²) in [7, 11) is -3.51. The van der Waals surface area contributed by atoms with Gasteiger partial charge in [0.15, 0.2) is 0 Å². The minimum absolute atomic E-state index is 0.0339. The molecule has 0 unspecified atom stereocenters. The van der Waals surface area contributed by atoms with Crippen LogP contribution in [0.25, 0.3) is 0 Å². The van der Waals surface area contributed by atoms with E-state index in [9.17, 15) is 8.42 Å². The maximum absolute atomic E-state index is 12.5. The monoisotopic (exact) mass is 413 g/mol. The lowest BCUT2D eigenvalue weighted by molar-refractivity contribution is 0.0934. The van der Waals surface area contributed by atoms with Crippen molar-refractivity contribution < 1.29 is 8.42 Å². The van der Waals surface area contributed by atoms with E-state index in [0.29, 0.717) is 8.81 Å². The van der Waals surface area contributed by atoms with E-state index in [1.54, 1.807) is 0 Å². The van der Waals surface area contributed by atoms with Crippen LogP contribution in [0.4, 0.5) is 0 Å². The third-order valence-electron chi connectivity index (χ3n) is 3.76. The molecule has 1 N–H and O–H groups in total. The minimum atomic E-state index is -3.51. The molecule has 0 saturated heterocycles. The molecule has 1 saturated carbocycles. The molecule has 120 valence electrons. The molecule has 21 heavy (non-hydrogen) atoms. The zero-order chi connectivity index (χ0) is 16.1. The number of thiophene rings is 1. The summed E-state index contributed by atoms with van der Waals surface area (Å²) < 4.78 is 28.8. The molecule has 0 aliphatic heterocycles. The third-order valence-corrected chi connectivity index (χ3v) is 8.23. The number of halogens is 2. The highest BCUT2D eigenvalue weighted by atomic mass is 79.9. The van der Waals surface area contributed by atoms with Crippen molar-refractivity contribution in [1.82, 2.24) is 4.72 Å². The fourth-order valence-corrected chi connectivity index (χ4v) is 7.32. The van der Waals surface area contributed by atoms with Gasteiger partial charge in [0.2, 0.25) is 10.0 Å². The van der Waals surface area contributed by atoms with Gasteiger partial charge in [-0.1, -0.05) is 39.3 Å². The van der Waals surface area contributed by atoms with Gasteiger partial charge in [-0.3, -0.25) is 0 Å². The van der Waals surface area contributed by atoms with Crippen molar-refractivity contribution in [3.8, 4) is 0 Å². The highest BCUT2D eigenvalue weighted by molar-refractivity contribution is 9.11. The van der Waals surface area contributed by atoms with Crippen molar-refractivity contribution in [2.24, 2.45) is 10.8 Å². The van der Waals surface area contributed by atoms with E-state index in [2.05, 4.69) is 48.3 Å². The Kier molecular flexibility index (Phi) is 4.88. The fourth-order valence-electron chi connectivity index (χ4n) is 3.67. The Morgan fingerprint density at radius 2 is 1.81 bits per heavy atom. The summed E-state index contributed by atoms with van der Waals surface area (Å²) in [5, 5.41) is 0.435. The first-order valence-electron chi connectivity index (χ1n) is 6.87. The summed E-state index contributed by atoms with van der Waals surface area (Å²) in [5.41, 5.74) is 0.283. The minimum Gasteiger partial charge on any atom is -0.207 e. The van der Waals surface area contributed by atoms with Crippen LogP contribution in [0.3, 0.4) is 0 Å². The molecular weight excluding hydrogens is 394 g/mol. The highest BCUT2D eigenvalue weighted by Gasteiger charge is 2.40. The van der Waals surface area contributed by atoms with E-state index in [4.69, 9.17) is 11.6 Å². The standard InChI is InChI=1S/C14H21BrClNO2S2/c1-13(2)6-9(7-14(3,4)8-13)17-21(18,19)11-5-10(16)12(15)20-11/h5,9,17H,6-8H2,1-4H3. The van der Waals surface area contributed by atoms with Gasteiger partial charge in [-0.2, -0.15) is 0 Å². The molecule has 1 aromatic heterocycles. The van der Waals surface area contributed by atoms with Crippen LogP contribution >= 0.6 is 38.9 Å². The van der Waals surface area contributed by atoms with Crippen LogP contribution in [0.15, 0.2) is 14.1 Å². The van der Waals surface area contributed by atoms with Crippen LogP contribution in [0.5, 0.6) is 0 Å². The largest absolute Gasteiger partial charge is 0.250 e. The Hall–Kier alpha value is 0.380. The van der Waals surface area contributed by atoms with Crippen LogP contribution in [0.2, 0.25) is 5.02 Å². The van der Waals surface area contributed by atoms with E-state index < -0.39 is 10.0 Å². The summed E-state index contributed by atoms with van der Waals surface area (Å²) >= 11 is 10.3. The maximum Gasteiger partial charge on any atom is 0.250 e. The van der Waals surface area contributed by atoms with Crippen LogP contribution in [0.1, 0.15) is 47.0 Å². The lowest BCUT2D eigenvalue weighted by atomic mass is 9.64. The Morgan fingerprint density at radius 1 is 1.29 bits per heavy atom. The molecule has 0 aromatic carbocycles. The van der Waals surface area contributed by atoms with Gasteiger partial charge in [-0.25, -0.2) is 13.1 Å². The number of hydrogen-bond acceptors (Lipinski definition) is 3. The van der Waals surface area contributed by atoms with Gasteiger partial charge in [-0.15, -0.1) is 11.3 Å². The lowest BCUT2D eigenvalue weighted by Gasteiger charge is -2.44. The molecule has 7 heteroatoms. The fraction of sp³-hybridized carbons (Fsp3) is 0.714. The highest BCUT2D eigenvalue weighted by Crippen LogP contribution is 2.46. The van der Waals surface area contributed by atoms with Crippen molar-refractivity contribution >= 4 is 48.9 Å². The molecule has 0 amide bonds. The second kappa shape index (κ2) is 5.78. The van der Waals surface area contributed by atoms with Crippen LogP contribution in [-0.2, 0) is 10.0 Å². The van der Waals surface area contributed by atoms with Crippen LogP contribution < -0.4 is 4.72 Å².